The zero-order chi connectivity index (χ0) is 14.3. The lowest BCUT2D eigenvalue weighted by Crippen LogP contribution is -1.98. The Labute approximate surface area is 124 Å². The van der Waals surface area contributed by atoms with Gasteiger partial charge in [-0.3, -0.25) is 4.79 Å². The minimum Gasteiger partial charge on any atom is -0.507 e. The van der Waals surface area contributed by atoms with Crippen molar-refractivity contribution in [3.05, 3.63) is 63.3 Å². The molecule has 2 aromatic rings. The van der Waals surface area contributed by atoms with Crippen molar-refractivity contribution in [2.75, 3.05) is 0 Å². The van der Waals surface area contributed by atoms with Gasteiger partial charge in [-0.2, -0.15) is 0 Å². The molecule has 1 aliphatic rings. The molecule has 100 valence electrons. The molecule has 1 aliphatic heterocycles. The third kappa shape index (κ3) is 2.23. The summed E-state index contributed by atoms with van der Waals surface area (Å²) in [4.78, 5) is 12.3. The first-order chi connectivity index (χ1) is 9.54. The number of carbonyl (C=O) groups is 1. The van der Waals surface area contributed by atoms with Crippen LogP contribution in [0.2, 0.25) is 0 Å². The lowest BCUT2D eigenvalue weighted by molar-refractivity contribution is 0.101. The molecule has 2 aromatic carbocycles. The highest BCUT2D eigenvalue weighted by atomic mass is 79.9. The van der Waals surface area contributed by atoms with Gasteiger partial charge in [0, 0.05) is 4.47 Å². The second-order valence-electron chi connectivity index (χ2n) is 4.65. The summed E-state index contributed by atoms with van der Waals surface area (Å²) in [6, 6.07) is 10.9. The minimum atomic E-state index is -0.294. The maximum absolute atomic E-state index is 12.3. The van der Waals surface area contributed by atoms with Crippen LogP contribution in [0.1, 0.15) is 21.5 Å². The Morgan fingerprint density at radius 2 is 2.05 bits per heavy atom. The maximum Gasteiger partial charge on any atom is 0.235 e. The number of carbonyl (C=O) groups excluding carboxylic acids is 1. The molecule has 0 saturated carbocycles. The molecular weight excluding hydrogens is 320 g/mol. The molecule has 0 radical (unpaired) electrons. The Kier molecular flexibility index (Phi) is 3.10. The van der Waals surface area contributed by atoms with E-state index >= 15 is 0 Å². The molecule has 1 N–H and O–H groups in total. The van der Waals surface area contributed by atoms with E-state index in [0.717, 1.165) is 15.6 Å². The molecule has 0 amide bonds. The maximum atomic E-state index is 12.3. The Bertz CT molecular complexity index is 747. The molecule has 4 heteroatoms. The molecule has 1 heterocycles. The first kappa shape index (κ1) is 12.9. The third-order valence-corrected chi connectivity index (χ3v) is 3.54. The molecule has 3 rings (SSSR count). The van der Waals surface area contributed by atoms with Crippen LogP contribution in [0.3, 0.4) is 0 Å². The number of benzene rings is 2. The minimum absolute atomic E-state index is 0.0392. The van der Waals surface area contributed by atoms with Crippen molar-refractivity contribution in [1.29, 1.82) is 0 Å². The number of Topliss-reactive ketones (excluding diaryl/α,β-unsaturated/α-hetero) is 1. The van der Waals surface area contributed by atoms with Crippen LogP contribution in [0, 0.1) is 6.92 Å². The van der Waals surface area contributed by atoms with Gasteiger partial charge in [0.05, 0.1) is 0 Å². The highest BCUT2D eigenvalue weighted by Gasteiger charge is 2.30. The SMILES string of the molecule is Cc1cc(O)c2c(c1)O/C(=C\c1cccc(Br)c1)C2=O. The molecule has 0 unspecified atom stereocenters. The van der Waals surface area contributed by atoms with Crippen molar-refractivity contribution in [3.63, 3.8) is 0 Å². The molecule has 3 nitrogen and oxygen atoms in total. The first-order valence-electron chi connectivity index (χ1n) is 6.08. The predicted molar refractivity (Wildman–Crippen MR) is 79.9 cm³/mol. The predicted octanol–water partition coefficient (Wildman–Crippen LogP) is 4.08. The van der Waals surface area contributed by atoms with Crippen LogP contribution >= 0.6 is 15.9 Å². The van der Waals surface area contributed by atoms with E-state index in [9.17, 15) is 9.90 Å². The van der Waals surface area contributed by atoms with E-state index < -0.39 is 0 Å². The Morgan fingerprint density at radius 3 is 2.80 bits per heavy atom. The van der Waals surface area contributed by atoms with Crippen molar-refractivity contribution in [2.24, 2.45) is 0 Å². The van der Waals surface area contributed by atoms with Gasteiger partial charge in [0.1, 0.15) is 17.1 Å². The van der Waals surface area contributed by atoms with Crippen molar-refractivity contribution in [3.8, 4) is 11.5 Å². The number of phenolic OH excluding ortho intramolecular Hbond substituents is 1. The van der Waals surface area contributed by atoms with Crippen LogP contribution in [0.15, 0.2) is 46.6 Å². The Morgan fingerprint density at radius 1 is 1.25 bits per heavy atom. The van der Waals surface area contributed by atoms with Gasteiger partial charge in [-0.05, 0) is 48.4 Å². The summed E-state index contributed by atoms with van der Waals surface area (Å²) in [7, 11) is 0. The number of ketones is 1. The van der Waals surface area contributed by atoms with E-state index in [-0.39, 0.29) is 22.9 Å². The molecule has 0 saturated heterocycles. The van der Waals surface area contributed by atoms with Gasteiger partial charge in [0.15, 0.2) is 5.76 Å². The number of aromatic hydroxyl groups is 1. The number of allylic oxidation sites excluding steroid dienone is 1. The second kappa shape index (κ2) is 4.80. The van der Waals surface area contributed by atoms with E-state index in [0.29, 0.717) is 5.75 Å². The van der Waals surface area contributed by atoms with Gasteiger partial charge in [-0.1, -0.05) is 28.1 Å². The largest absolute Gasteiger partial charge is 0.507 e. The standard InChI is InChI=1S/C16H11BrO3/c1-9-5-12(18)15-13(6-9)20-14(16(15)19)8-10-3-2-4-11(17)7-10/h2-8,18H,1H3/b14-8-. The molecular formula is C16H11BrO3. The fraction of sp³-hybridized carbons (Fsp3) is 0.0625. The highest BCUT2D eigenvalue weighted by molar-refractivity contribution is 9.10. The zero-order valence-corrected chi connectivity index (χ0v) is 12.3. The van der Waals surface area contributed by atoms with Crippen LogP contribution in [-0.4, -0.2) is 10.9 Å². The van der Waals surface area contributed by atoms with Crippen LogP contribution in [-0.2, 0) is 0 Å². The van der Waals surface area contributed by atoms with Gasteiger partial charge in [0.25, 0.3) is 0 Å². The van der Waals surface area contributed by atoms with Gasteiger partial charge in [-0.15, -0.1) is 0 Å². The molecule has 0 bridgehead atoms. The van der Waals surface area contributed by atoms with Crippen molar-refractivity contribution >= 4 is 27.8 Å². The quantitative estimate of drug-likeness (QED) is 0.801. The number of fused-ring (bicyclic) bond motifs is 1. The number of aryl methyl sites for hydroxylation is 1. The lowest BCUT2D eigenvalue weighted by Gasteiger charge is -2.01. The number of hydrogen-bond acceptors (Lipinski definition) is 3. The Hall–Kier alpha value is -2.07. The summed E-state index contributed by atoms with van der Waals surface area (Å²) >= 11 is 3.38. The van der Waals surface area contributed by atoms with Gasteiger partial charge in [0.2, 0.25) is 5.78 Å². The summed E-state index contributed by atoms with van der Waals surface area (Å²) in [5.74, 6) is 0.299. The molecule has 0 spiro atoms. The third-order valence-electron chi connectivity index (χ3n) is 3.04. The van der Waals surface area contributed by atoms with Crippen LogP contribution in [0.25, 0.3) is 6.08 Å². The van der Waals surface area contributed by atoms with E-state index in [1.54, 1.807) is 18.2 Å². The number of hydrogen-bond donors (Lipinski definition) is 1. The second-order valence-corrected chi connectivity index (χ2v) is 5.57. The van der Waals surface area contributed by atoms with Crippen molar-refractivity contribution in [1.82, 2.24) is 0 Å². The fourth-order valence-electron chi connectivity index (χ4n) is 2.17. The van der Waals surface area contributed by atoms with Crippen molar-refractivity contribution in [2.45, 2.75) is 6.92 Å². The number of ether oxygens (including phenoxy) is 1. The highest BCUT2D eigenvalue weighted by Crippen LogP contribution is 2.38. The molecule has 20 heavy (non-hydrogen) atoms. The average molecular weight is 331 g/mol. The number of rotatable bonds is 1. The van der Waals surface area contributed by atoms with Gasteiger partial charge in [-0.25, -0.2) is 0 Å². The summed E-state index contributed by atoms with van der Waals surface area (Å²) in [6.45, 7) is 1.84. The van der Waals surface area contributed by atoms with E-state index in [1.807, 2.05) is 31.2 Å². The molecule has 0 fully saturated rings. The lowest BCUT2D eigenvalue weighted by atomic mass is 10.1. The monoisotopic (exact) mass is 330 g/mol. The van der Waals surface area contributed by atoms with E-state index in [4.69, 9.17) is 4.74 Å². The normalized spacial score (nSPS) is 15.3. The Balaban J connectivity index is 2.04. The smallest absolute Gasteiger partial charge is 0.235 e. The molecule has 0 aliphatic carbocycles. The summed E-state index contributed by atoms with van der Waals surface area (Å²) in [5, 5.41) is 9.88. The van der Waals surface area contributed by atoms with E-state index in [2.05, 4.69) is 15.9 Å². The van der Waals surface area contributed by atoms with Gasteiger partial charge < -0.3 is 9.84 Å². The number of phenols is 1. The zero-order valence-electron chi connectivity index (χ0n) is 10.7. The van der Waals surface area contributed by atoms with Crippen LogP contribution in [0.4, 0.5) is 0 Å². The van der Waals surface area contributed by atoms with E-state index in [1.165, 1.54) is 0 Å². The van der Waals surface area contributed by atoms with Crippen LogP contribution in [0.5, 0.6) is 11.5 Å². The van der Waals surface area contributed by atoms with Crippen molar-refractivity contribution < 1.29 is 14.6 Å². The topological polar surface area (TPSA) is 46.5 Å². The fourth-order valence-corrected chi connectivity index (χ4v) is 2.59. The van der Waals surface area contributed by atoms with Crippen LogP contribution < -0.4 is 4.74 Å². The average Bonchev–Trinajstić information content (AvgIpc) is 2.66. The molecule has 0 atom stereocenters. The summed E-state index contributed by atoms with van der Waals surface area (Å²) < 4.78 is 6.49. The molecule has 0 aromatic heterocycles. The summed E-state index contributed by atoms with van der Waals surface area (Å²) in [6.07, 6.45) is 1.67. The summed E-state index contributed by atoms with van der Waals surface area (Å²) in [5.41, 5.74) is 1.93. The number of halogens is 1. The first-order valence-corrected chi connectivity index (χ1v) is 6.87. The van der Waals surface area contributed by atoms with Gasteiger partial charge >= 0.3 is 0 Å².